The lowest BCUT2D eigenvalue weighted by Gasteiger charge is -2.13. The highest BCUT2D eigenvalue weighted by atomic mass is 19.3. The SMILES string of the molecule is O=C1NCC(F)(F)C1(F)F. The highest BCUT2D eigenvalue weighted by Crippen LogP contribution is 2.37. The lowest BCUT2D eigenvalue weighted by molar-refractivity contribution is -0.185. The summed E-state index contributed by atoms with van der Waals surface area (Å²) in [7, 11) is 0. The Hall–Kier alpha value is -0.810. The molecule has 1 aliphatic rings. The van der Waals surface area contributed by atoms with Crippen molar-refractivity contribution in [3.8, 4) is 0 Å². The second kappa shape index (κ2) is 1.62. The molecular formula is C4H3F4NO. The quantitative estimate of drug-likeness (QED) is 0.506. The van der Waals surface area contributed by atoms with Crippen molar-refractivity contribution in [3.63, 3.8) is 0 Å². The summed E-state index contributed by atoms with van der Waals surface area (Å²) < 4.78 is 47.8. The van der Waals surface area contributed by atoms with Crippen LogP contribution in [0.25, 0.3) is 0 Å². The predicted octanol–water partition coefficient (Wildman–Crippen LogP) is 0.387. The monoisotopic (exact) mass is 157 g/mol. The van der Waals surface area contributed by atoms with Crippen LogP contribution in [0.2, 0.25) is 0 Å². The van der Waals surface area contributed by atoms with Crippen LogP contribution in [0.15, 0.2) is 0 Å². The number of nitrogens with one attached hydrogen (secondary N) is 1. The first-order valence-electron chi connectivity index (χ1n) is 2.42. The van der Waals surface area contributed by atoms with Gasteiger partial charge in [-0.1, -0.05) is 0 Å². The molecule has 0 spiro atoms. The normalized spacial score (nSPS) is 28.2. The highest BCUT2D eigenvalue weighted by Gasteiger charge is 2.66. The van der Waals surface area contributed by atoms with Crippen molar-refractivity contribution in [3.05, 3.63) is 0 Å². The Morgan fingerprint density at radius 2 is 1.80 bits per heavy atom. The Kier molecular flexibility index (Phi) is 1.18. The van der Waals surface area contributed by atoms with E-state index in [9.17, 15) is 22.4 Å². The first-order chi connectivity index (χ1) is 4.38. The minimum absolute atomic E-state index is 1.28. The Labute approximate surface area is 53.2 Å². The summed E-state index contributed by atoms with van der Waals surface area (Å²) in [4.78, 5) is 9.97. The van der Waals surface area contributed by atoms with E-state index >= 15 is 0 Å². The second-order valence-corrected chi connectivity index (χ2v) is 1.96. The van der Waals surface area contributed by atoms with Gasteiger partial charge in [0.2, 0.25) is 0 Å². The van der Waals surface area contributed by atoms with E-state index < -0.39 is 24.3 Å². The molecule has 0 unspecified atom stereocenters. The summed E-state index contributed by atoms with van der Waals surface area (Å²) in [6.07, 6.45) is 0. The lowest BCUT2D eigenvalue weighted by Crippen LogP contribution is -2.41. The predicted molar refractivity (Wildman–Crippen MR) is 22.9 cm³/mol. The van der Waals surface area contributed by atoms with Crippen LogP contribution in [0.1, 0.15) is 0 Å². The fraction of sp³-hybridized carbons (Fsp3) is 0.750. The molecule has 58 valence electrons. The van der Waals surface area contributed by atoms with Gasteiger partial charge in [-0.15, -0.1) is 0 Å². The van der Waals surface area contributed by atoms with Crippen molar-refractivity contribution in [1.29, 1.82) is 0 Å². The van der Waals surface area contributed by atoms with Crippen molar-refractivity contribution < 1.29 is 22.4 Å². The van der Waals surface area contributed by atoms with Gasteiger partial charge < -0.3 is 5.32 Å². The molecule has 6 heteroatoms. The summed E-state index contributed by atoms with van der Waals surface area (Å²) in [6.45, 7) is -1.28. The summed E-state index contributed by atoms with van der Waals surface area (Å²) in [6, 6.07) is 0. The molecule has 1 fully saturated rings. The lowest BCUT2D eigenvalue weighted by atomic mass is 10.2. The van der Waals surface area contributed by atoms with E-state index in [4.69, 9.17) is 0 Å². The van der Waals surface area contributed by atoms with Crippen molar-refractivity contribution in [2.45, 2.75) is 11.8 Å². The summed E-state index contributed by atoms with van der Waals surface area (Å²) >= 11 is 0. The maximum Gasteiger partial charge on any atom is 0.388 e. The average Bonchev–Trinajstić information content (AvgIpc) is 1.94. The van der Waals surface area contributed by atoms with Gasteiger partial charge in [-0.2, -0.15) is 17.6 Å². The van der Waals surface area contributed by atoms with Crippen molar-refractivity contribution >= 4 is 5.91 Å². The van der Waals surface area contributed by atoms with Crippen LogP contribution >= 0.6 is 0 Å². The van der Waals surface area contributed by atoms with Gasteiger partial charge >= 0.3 is 11.8 Å². The van der Waals surface area contributed by atoms with Gasteiger partial charge in [0.15, 0.2) is 0 Å². The van der Waals surface area contributed by atoms with E-state index in [0.717, 1.165) is 0 Å². The molecule has 0 bridgehead atoms. The number of carbonyl (C=O) groups excluding carboxylic acids is 1. The molecule has 10 heavy (non-hydrogen) atoms. The van der Waals surface area contributed by atoms with Gasteiger partial charge in [-0.05, 0) is 0 Å². The molecule has 0 aromatic rings. The topological polar surface area (TPSA) is 29.1 Å². The van der Waals surface area contributed by atoms with Gasteiger partial charge in [-0.3, -0.25) is 4.79 Å². The summed E-state index contributed by atoms with van der Waals surface area (Å²) in [5, 5.41) is 1.36. The highest BCUT2D eigenvalue weighted by molar-refractivity contribution is 5.87. The van der Waals surface area contributed by atoms with Gasteiger partial charge in [0.05, 0.1) is 6.54 Å². The molecule has 1 saturated heterocycles. The zero-order valence-electron chi connectivity index (χ0n) is 4.63. The molecule has 0 aromatic carbocycles. The number of hydrogen-bond donors (Lipinski definition) is 1. The number of alkyl halides is 4. The van der Waals surface area contributed by atoms with E-state index in [1.165, 1.54) is 5.32 Å². The van der Waals surface area contributed by atoms with E-state index in [2.05, 4.69) is 0 Å². The molecule has 0 aromatic heterocycles. The Morgan fingerprint density at radius 3 is 1.90 bits per heavy atom. The maximum atomic E-state index is 12.0. The van der Waals surface area contributed by atoms with Crippen LogP contribution in [-0.2, 0) is 4.79 Å². The van der Waals surface area contributed by atoms with E-state index in [0.29, 0.717) is 0 Å². The third kappa shape index (κ3) is 0.676. The van der Waals surface area contributed by atoms with Gasteiger partial charge in [0, 0.05) is 0 Å². The van der Waals surface area contributed by atoms with Crippen molar-refractivity contribution in [1.82, 2.24) is 5.32 Å². The first kappa shape index (κ1) is 7.30. The smallest absolute Gasteiger partial charge is 0.344 e. The Balaban J connectivity index is 2.95. The van der Waals surface area contributed by atoms with Gasteiger partial charge in [0.25, 0.3) is 5.91 Å². The van der Waals surface area contributed by atoms with Gasteiger partial charge in [0.1, 0.15) is 0 Å². The zero-order chi connectivity index (χ0) is 7.99. The van der Waals surface area contributed by atoms with E-state index in [1.54, 1.807) is 0 Å². The number of hydrogen-bond acceptors (Lipinski definition) is 1. The standard InChI is InChI=1S/C4H3F4NO/c5-3(6)1-9-2(10)4(3,7)8/h1H2,(H,9,10). The van der Waals surface area contributed by atoms with Crippen molar-refractivity contribution in [2.24, 2.45) is 0 Å². The Morgan fingerprint density at radius 1 is 1.30 bits per heavy atom. The zero-order valence-corrected chi connectivity index (χ0v) is 4.63. The molecule has 0 radical (unpaired) electrons. The first-order valence-corrected chi connectivity index (χ1v) is 2.42. The second-order valence-electron chi connectivity index (χ2n) is 1.96. The molecule has 1 N–H and O–H groups in total. The van der Waals surface area contributed by atoms with Gasteiger partial charge in [-0.25, -0.2) is 0 Å². The maximum absolute atomic E-state index is 12.0. The largest absolute Gasteiger partial charge is 0.388 e. The molecule has 1 rings (SSSR count). The molecule has 2 nitrogen and oxygen atoms in total. The molecule has 0 saturated carbocycles. The fourth-order valence-electron chi connectivity index (χ4n) is 0.579. The molecule has 0 aliphatic carbocycles. The molecule has 1 amide bonds. The molecule has 0 atom stereocenters. The van der Waals surface area contributed by atoms with Crippen LogP contribution < -0.4 is 5.32 Å². The van der Waals surface area contributed by atoms with E-state index in [1.807, 2.05) is 0 Å². The minimum Gasteiger partial charge on any atom is -0.344 e. The minimum atomic E-state index is -4.53. The third-order valence-corrected chi connectivity index (χ3v) is 1.22. The van der Waals surface area contributed by atoms with Crippen LogP contribution in [0.3, 0.4) is 0 Å². The van der Waals surface area contributed by atoms with Crippen LogP contribution in [0.4, 0.5) is 17.6 Å². The molecular weight excluding hydrogens is 154 g/mol. The van der Waals surface area contributed by atoms with E-state index in [-0.39, 0.29) is 0 Å². The summed E-state index contributed by atoms with van der Waals surface area (Å²) in [5.41, 5.74) is 0. The molecule has 1 aliphatic heterocycles. The number of halogens is 4. The summed E-state index contributed by atoms with van der Waals surface area (Å²) in [5.74, 6) is -10.7. The van der Waals surface area contributed by atoms with Crippen molar-refractivity contribution in [2.75, 3.05) is 6.54 Å². The average molecular weight is 157 g/mol. The Bertz CT molecular complexity index is 178. The van der Waals surface area contributed by atoms with Crippen LogP contribution in [0, 0.1) is 0 Å². The number of carbonyl (C=O) groups is 1. The number of amides is 1. The van der Waals surface area contributed by atoms with Crippen LogP contribution in [0.5, 0.6) is 0 Å². The fourth-order valence-corrected chi connectivity index (χ4v) is 0.579. The molecule has 1 heterocycles. The number of rotatable bonds is 0. The van der Waals surface area contributed by atoms with Crippen LogP contribution in [-0.4, -0.2) is 24.3 Å². The third-order valence-electron chi connectivity index (χ3n) is 1.22.